The van der Waals surface area contributed by atoms with Crippen LogP contribution in [-0.2, 0) is 4.74 Å². The van der Waals surface area contributed by atoms with E-state index in [0.717, 1.165) is 5.56 Å². The van der Waals surface area contributed by atoms with Gasteiger partial charge in [-0.3, -0.25) is 0 Å². The molecule has 0 N–H and O–H groups in total. The second kappa shape index (κ2) is 2.70. The van der Waals surface area contributed by atoms with Crippen LogP contribution in [0.25, 0.3) is 0 Å². The summed E-state index contributed by atoms with van der Waals surface area (Å²) in [6.07, 6.45) is 8.10. The molecule has 17 heavy (non-hydrogen) atoms. The minimum absolute atomic E-state index is 0.00387. The third-order valence-electron chi connectivity index (χ3n) is 4.38. The lowest BCUT2D eigenvalue weighted by atomic mass is 9.86. The van der Waals surface area contributed by atoms with Crippen LogP contribution in [0.3, 0.4) is 0 Å². The lowest BCUT2D eigenvalue weighted by molar-refractivity contribution is -0.669. The summed E-state index contributed by atoms with van der Waals surface area (Å²) >= 11 is 0. The number of hydrogen-bond acceptors (Lipinski definition) is 3. The zero-order valence-corrected chi connectivity index (χ0v) is 9.83. The van der Waals surface area contributed by atoms with Crippen LogP contribution < -0.4 is 4.85 Å². The highest BCUT2D eigenvalue weighted by Crippen LogP contribution is 2.59. The number of fused-ring (bicyclic) bond motifs is 5. The van der Waals surface area contributed by atoms with Crippen LogP contribution in [0.15, 0.2) is 24.5 Å². The molecule has 4 heteroatoms. The summed E-state index contributed by atoms with van der Waals surface area (Å²) in [4.78, 5) is 0.656. The molecular weight excluding hydrogens is 216 g/mol. The van der Waals surface area contributed by atoms with E-state index in [1.165, 1.54) is 5.56 Å². The number of hydrogen-bond donors (Lipinski definition) is 0. The van der Waals surface area contributed by atoms with Crippen molar-refractivity contribution >= 4 is 0 Å². The summed E-state index contributed by atoms with van der Waals surface area (Å²) < 4.78 is 5.79. The van der Waals surface area contributed by atoms with Gasteiger partial charge in [0.1, 0.15) is 6.20 Å². The first kappa shape index (κ1) is 9.59. The average molecular weight is 230 g/mol. The second-order valence-corrected chi connectivity index (χ2v) is 5.74. The monoisotopic (exact) mass is 230 g/mol. The smallest absolute Gasteiger partial charge is 0.213 e. The van der Waals surface area contributed by atoms with Crippen molar-refractivity contribution < 1.29 is 9.58 Å². The van der Waals surface area contributed by atoms with Gasteiger partial charge in [-0.05, 0) is 19.4 Å². The van der Waals surface area contributed by atoms with E-state index >= 15 is 0 Å². The largest absolute Gasteiger partial charge is 0.594 e. The summed E-state index contributed by atoms with van der Waals surface area (Å²) in [7, 11) is 0. The Morgan fingerprint density at radius 2 is 1.94 bits per heavy atom. The molecule has 1 aromatic rings. The molecule has 4 nitrogen and oxygen atoms in total. The Hall–Kier alpha value is -1.42. The third kappa shape index (κ3) is 1.11. The molecule has 0 amide bonds. The molecule has 88 valence electrons. The van der Waals surface area contributed by atoms with Crippen LogP contribution in [0.5, 0.6) is 0 Å². The lowest BCUT2D eigenvalue weighted by Gasteiger charge is -2.13. The topological polar surface area (TPSA) is 52.4 Å². The van der Waals surface area contributed by atoms with Gasteiger partial charge in [0, 0.05) is 28.4 Å². The summed E-state index contributed by atoms with van der Waals surface area (Å²) in [6.45, 7) is 4.26. The Bertz CT molecular complexity index is 538. The quantitative estimate of drug-likeness (QED) is 0.316. The van der Waals surface area contributed by atoms with Gasteiger partial charge in [0.25, 0.3) is 0 Å². The SMILES string of the molecule is CC1(C)O[C@H]1C1[C@@H]2C=C[C@H]1c1c[n+]([O-])ncc12. The maximum absolute atomic E-state index is 11.3. The maximum Gasteiger partial charge on any atom is 0.213 e. The predicted octanol–water partition coefficient (Wildman–Crippen LogP) is 1.26. The van der Waals surface area contributed by atoms with Gasteiger partial charge in [0.2, 0.25) is 6.20 Å². The number of allylic oxidation sites excluding steroid dienone is 2. The zero-order chi connectivity index (χ0) is 11.8. The Kier molecular flexibility index (Phi) is 1.52. The third-order valence-corrected chi connectivity index (χ3v) is 4.38. The molecule has 1 saturated heterocycles. The number of rotatable bonds is 1. The Balaban J connectivity index is 1.77. The molecule has 3 aliphatic rings. The minimum Gasteiger partial charge on any atom is -0.594 e. The van der Waals surface area contributed by atoms with Crippen LogP contribution in [-0.4, -0.2) is 16.8 Å². The van der Waals surface area contributed by atoms with Gasteiger partial charge in [0.15, 0.2) is 0 Å². The molecule has 0 radical (unpaired) electrons. The van der Waals surface area contributed by atoms with E-state index in [0.29, 0.717) is 28.7 Å². The van der Waals surface area contributed by atoms with Gasteiger partial charge in [0.05, 0.1) is 11.7 Å². The number of epoxide rings is 1. The Morgan fingerprint density at radius 3 is 2.59 bits per heavy atom. The molecule has 1 aliphatic heterocycles. The van der Waals surface area contributed by atoms with E-state index in [4.69, 9.17) is 4.74 Å². The molecule has 2 bridgehead atoms. The summed E-state index contributed by atoms with van der Waals surface area (Å²) in [5.74, 6) is 1.18. The first-order valence-electron chi connectivity index (χ1n) is 6.03. The van der Waals surface area contributed by atoms with Crippen molar-refractivity contribution in [3.8, 4) is 0 Å². The number of ether oxygens (including phenoxy) is 1. The van der Waals surface area contributed by atoms with Crippen LogP contribution >= 0.6 is 0 Å². The normalized spacial score (nSPS) is 39.4. The van der Waals surface area contributed by atoms with Crippen molar-refractivity contribution in [2.24, 2.45) is 5.92 Å². The van der Waals surface area contributed by atoms with Gasteiger partial charge in [-0.25, -0.2) is 0 Å². The Morgan fingerprint density at radius 1 is 1.29 bits per heavy atom. The van der Waals surface area contributed by atoms with Crippen LogP contribution in [0, 0.1) is 11.1 Å². The summed E-state index contributed by atoms with van der Waals surface area (Å²) in [5.41, 5.74) is 2.34. The molecule has 0 aromatic carbocycles. The van der Waals surface area contributed by atoms with Crippen LogP contribution in [0.2, 0.25) is 0 Å². The fourth-order valence-electron chi connectivity index (χ4n) is 3.53. The number of aromatic nitrogens is 2. The van der Waals surface area contributed by atoms with Gasteiger partial charge in [-0.15, -0.1) is 0 Å². The second-order valence-electron chi connectivity index (χ2n) is 5.74. The molecule has 1 unspecified atom stereocenters. The average Bonchev–Trinajstić information content (AvgIpc) is 2.69. The van der Waals surface area contributed by atoms with Crippen molar-refractivity contribution in [2.75, 3.05) is 0 Å². The lowest BCUT2D eigenvalue weighted by Crippen LogP contribution is -2.31. The molecule has 1 fully saturated rings. The molecule has 2 heterocycles. The molecule has 1 aromatic heterocycles. The van der Waals surface area contributed by atoms with E-state index < -0.39 is 0 Å². The van der Waals surface area contributed by atoms with Crippen molar-refractivity contribution in [3.05, 3.63) is 40.9 Å². The van der Waals surface area contributed by atoms with E-state index in [9.17, 15) is 5.21 Å². The van der Waals surface area contributed by atoms with Gasteiger partial charge >= 0.3 is 0 Å². The van der Waals surface area contributed by atoms with Crippen molar-refractivity contribution in [1.82, 2.24) is 5.10 Å². The van der Waals surface area contributed by atoms with Crippen LogP contribution in [0.1, 0.15) is 36.8 Å². The van der Waals surface area contributed by atoms with Gasteiger partial charge in [-0.2, -0.15) is 0 Å². The highest BCUT2D eigenvalue weighted by atomic mass is 16.6. The van der Waals surface area contributed by atoms with Crippen molar-refractivity contribution in [1.29, 1.82) is 0 Å². The van der Waals surface area contributed by atoms with Crippen molar-refractivity contribution in [3.63, 3.8) is 0 Å². The molecular formula is C13H14N2O2. The summed E-state index contributed by atoms with van der Waals surface area (Å²) in [5, 5.41) is 15.1. The molecule has 0 saturated carbocycles. The standard InChI is InChI=1S/C13H14N2O2/c1-13(2)12(17-13)11-7-3-4-8(11)10-6-15(16)14-5-9(7)10/h3-8,11-12H,1-2H3/t7-,8+,11?,12+/m1/s1. The van der Waals surface area contributed by atoms with E-state index in [-0.39, 0.29) is 5.60 Å². The first-order valence-corrected chi connectivity index (χ1v) is 6.03. The zero-order valence-electron chi connectivity index (χ0n) is 9.83. The summed E-state index contributed by atoms with van der Waals surface area (Å²) in [6, 6.07) is 0. The number of nitrogens with zero attached hydrogens (tertiary/aromatic N) is 2. The van der Waals surface area contributed by atoms with Gasteiger partial charge < -0.3 is 9.94 Å². The van der Waals surface area contributed by atoms with E-state index in [1.54, 1.807) is 12.4 Å². The highest BCUT2D eigenvalue weighted by Gasteiger charge is 2.60. The molecule has 0 spiro atoms. The van der Waals surface area contributed by atoms with Gasteiger partial charge in [-0.1, -0.05) is 17.0 Å². The fourth-order valence-corrected chi connectivity index (χ4v) is 3.53. The first-order chi connectivity index (χ1) is 8.08. The molecule has 2 aliphatic carbocycles. The predicted molar refractivity (Wildman–Crippen MR) is 60.3 cm³/mol. The fraction of sp³-hybridized carbons (Fsp3) is 0.538. The van der Waals surface area contributed by atoms with Crippen LogP contribution in [0.4, 0.5) is 0 Å². The molecule has 4 rings (SSSR count). The maximum atomic E-state index is 11.3. The van der Waals surface area contributed by atoms with E-state index in [2.05, 4.69) is 31.1 Å². The highest BCUT2D eigenvalue weighted by molar-refractivity contribution is 5.47. The Labute approximate surface area is 99.5 Å². The molecule has 4 atom stereocenters. The van der Waals surface area contributed by atoms with Crippen molar-refractivity contribution in [2.45, 2.75) is 37.4 Å². The van der Waals surface area contributed by atoms with E-state index in [1.807, 2.05) is 0 Å². The minimum atomic E-state index is -0.00387.